The van der Waals surface area contributed by atoms with Crippen molar-refractivity contribution in [2.45, 2.75) is 37.5 Å². The molecular formula is C11H18N4S. The molecule has 1 aliphatic carbocycles. The maximum Gasteiger partial charge on any atom is 0.144 e. The number of nitrogens with one attached hydrogen (secondary N) is 1. The van der Waals surface area contributed by atoms with Gasteiger partial charge in [0.1, 0.15) is 11.6 Å². The minimum atomic E-state index is 0.469. The Balaban J connectivity index is 1.95. The average Bonchev–Trinajstić information content (AvgIpc) is 2.70. The van der Waals surface area contributed by atoms with E-state index in [1.807, 2.05) is 11.8 Å². The number of hydrogen-bond acceptors (Lipinski definition) is 5. The SMILES string of the molecule is CCSC1CCCC1Nc1cnc(N)cn1. The van der Waals surface area contributed by atoms with Gasteiger partial charge in [-0.15, -0.1) is 0 Å². The van der Waals surface area contributed by atoms with Gasteiger partial charge in [0.25, 0.3) is 0 Å². The maximum atomic E-state index is 5.50. The fraction of sp³-hybridized carbons (Fsp3) is 0.636. The quantitative estimate of drug-likeness (QED) is 0.841. The molecule has 5 heteroatoms. The molecule has 0 amide bonds. The molecule has 1 fully saturated rings. The van der Waals surface area contributed by atoms with Crippen molar-refractivity contribution < 1.29 is 0 Å². The highest BCUT2D eigenvalue weighted by Crippen LogP contribution is 2.31. The summed E-state index contributed by atoms with van der Waals surface area (Å²) in [5.74, 6) is 2.48. The number of nitrogens with two attached hydrogens (primary N) is 1. The van der Waals surface area contributed by atoms with Crippen LogP contribution in [0.25, 0.3) is 0 Å². The van der Waals surface area contributed by atoms with Crippen LogP contribution in [0.3, 0.4) is 0 Å². The van der Waals surface area contributed by atoms with Crippen molar-refractivity contribution in [3.8, 4) is 0 Å². The lowest BCUT2D eigenvalue weighted by molar-refractivity contribution is 0.761. The van der Waals surface area contributed by atoms with Crippen molar-refractivity contribution >= 4 is 23.4 Å². The second-order valence-corrected chi connectivity index (χ2v) is 5.52. The van der Waals surface area contributed by atoms with E-state index >= 15 is 0 Å². The Labute approximate surface area is 100 Å². The first-order valence-corrected chi connectivity index (χ1v) is 6.80. The summed E-state index contributed by atoms with van der Waals surface area (Å²) in [6.45, 7) is 2.21. The molecule has 1 aromatic heterocycles. The molecule has 0 aliphatic heterocycles. The van der Waals surface area contributed by atoms with Crippen LogP contribution in [0.5, 0.6) is 0 Å². The van der Waals surface area contributed by atoms with Gasteiger partial charge in [0, 0.05) is 11.3 Å². The average molecular weight is 238 g/mol. The molecule has 2 unspecified atom stereocenters. The van der Waals surface area contributed by atoms with Gasteiger partial charge in [-0.25, -0.2) is 9.97 Å². The van der Waals surface area contributed by atoms with Crippen LogP contribution in [-0.4, -0.2) is 27.0 Å². The number of rotatable bonds is 4. The van der Waals surface area contributed by atoms with E-state index in [1.54, 1.807) is 12.4 Å². The lowest BCUT2D eigenvalue weighted by Gasteiger charge is -2.20. The predicted molar refractivity (Wildman–Crippen MR) is 69.6 cm³/mol. The molecule has 3 N–H and O–H groups in total. The summed E-state index contributed by atoms with van der Waals surface area (Å²) in [5.41, 5.74) is 5.50. The van der Waals surface area contributed by atoms with Crippen LogP contribution in [0.15, 0.2) is 12.4 Å². The van der Waals surface area contributed by atoms with Crippen LogP contribution < -0.4 is 11.1 Å². The third-order valence-corrected chi connectivity index (χ3v) is 4.16. The van der Waals surface area contributed by atoms with Crippen molar-refractivity contribution in [1.82, 2.24) is 9.97 Å². The van der Waals surface area contributed by atoms with E-state index in [2.05, 4.69) is 22.2 Å². The van der Waals surface area contributed by atoms with Crippen LogP contribution in [0, 0.1) is 0 Å². The minimum absolute atomic E-state index is 0.469. The van der Waals surface area contributed by atoms with Crippen LogP contribution in [0.1, 0.15) is 26.2 Å². The van der Waals surface area contributed by atoms with Gasteiger partial charge in [0.2, 0.25) is 0 Å². The normalized spacial score (nSPS) is 24.6. The molecule has 4 nitrogen and oxygen atoms in total. The number of thioether (sulfide) groups is 1. The van der Waals surface area contributed by atoms with Gasteiger partial charge in [-0.05, 0) is 18.6 Å². The fourth-order valence-electron chi connectivity index (χ4n) is 2.11. The standard InChI is InChI=1S/C11H18N4S/c1-2-16-9-5-3-4-8(9)15-11-7-13-10(12)6-14-11/h6-9H,2-5H2,1H3,(H2,12,13)(H,14,15). The van der Waals surface area contributed by atoms with Crippen LogP contribution in [0.4, 0.5) is 11.6 Å². The molecule has 1 aliphatic rings. The zero-order chi connectivity index (χ0) is 11.4. The first kappa shape index (κ1) is 11.5. The number of aromatic nitrogens is 2. The third kappa shape index (κ3) is 2.78. The molecular weight excluding hydrogens is 220 g/mol. The summed E-state index contributed by atoms with van der Waals surface area (Å²) in [6.07, 6.45) is 7.14. The summed E-state index contributed by atoms with van der Waals surface area (Å²) in [4.78, 5) is 8.27. The van der Waals surface area contributed by atoms with Crippen molar-refractivity contribution in [3.05, 3.63) is 12.4 Å². The minimum Gasteiger partial charge on any atom is -0.382 e. The zero-order valence-electron chi connectivity index (χ0n) is 9.52. The van der Waals surface area contributed by atoms with Gasteiger partial charge in [0.05, 0.1) is 12.4 Å². The molecule has 88 valence electrons. The Morgan fingerprint density at radius 3 is 3.00 bits per heavy atom. The highest BCUT2D eigenvalue weighted by molar-refractivity contribution is 7.99. The number of anilines is 2. The van der Waals surface area contributed by atoms with E-state index in [-0.39, 0.29) is 0 Å². The molecule has 0 radical (unpaired) electrons. The Morgan fingerprint density at radius 2 is 2.31 bits per heavy atom. The smallest absolute Gasteiger partial charge is 0.144 e. The second-order valence-electron chi connectivity index (χ2n) is 4.00. The van der Waals surface area contributed by atoms with Gasteiger partial charge < -0.3 is 11.1 Å². The Hall–Kier alpha value is -0.970. The summed E-state index contributed by atoms with van der Waals surface area (Å²) < 4.78 is 0. The van der Waals surface area contributed by atoms with Crippen molar-refractivity contribution in [1.29, 1.82) is 0 Å². The summed E-state index contributed by atoms with van der Waals surface area (Å²) in [6, 6.07) is 0.530. The molecule has 1 aromatic rings. The molecule has 1 saturated carbocycles. The predicted octanol–water partition coefficient (Wildman–Crippen LogP) is 2.14. The van der Waals surface area contributed by atoms with E-state index < -0.39 is 0 Å². The summed E-state index contributed by atoms with van der Waals surface area (Å²) in [7, 11) is 0. The van der Waals surface area contributed by atoms with Crippen molar-refractivity contribution in [3.63, 3.8) is 0 Å². The number of hydrogen-bond donors (Lipinski definition) is 2. The van der Waals surface area contributed by atoms with E-state index in [4.69, 9.17) is 5.73 Å². The molecule has 1 heterocycles. The van der Waals surface area contributed by atoms with Gasteiger partial charge in [-0.1, -0.05) is 13.3 Å². The molecule has 0 bridgehead atoms. The molecule has 16 heavy (non-hydrogen) atoms. The van der Waals surface area contributed by atoms with Crippen molar-refractivity contribution in [2.75, 3.05) is 16.8 Å². The van der Waals surface area contributed by atoms with Crippen LogP contribution in [-0.2, 0) is 0 Å². The van der Waals surface area contributed by atoms with Gasteiger partial charge in [0.15, 0.2) is 0 Å². The Bertz CT molecular complexity index is 327. The zero-order valence-corrected chi connectivity index (χ0v) is 10.3. The highest BCUT2D eigenvalue weighted by atomic mass is 32.2. The fourth-order valence-corrected chi connectivity index (χ4v) is 3.31. The second kappa shape index (κ2) is 5.39. The van der Waals surface area contributed by atoms with Gasteiger partial charge >= 0.3 is 0 Å². The molecule has 2 atom stereocenters. The largest absolute Gasteiger partial charge is 0.382 e. The first-order valence-electron chi connectivity index (χ1n) is 5.75. The Kier molecular flexibility index (Phi) is 3.88. The van der Waals surface area contributed by atoms with E-state index in [0.29, 0.717) is 17.1 Å². The van der Waals surface area contributed by atoms with Crippen LogP contribution >= 0.6 is 11.8 Å². The van der Waals surface area contributed by atoms with Crippen LogP contribution in [0.2, 0.25) is 0 Å². The lowest BCUT2D eigenvalue weighted by atomic mass is 10.2. The molecule has 2 rings (SSSR count). The molecule has 0 aromatic carbocycles. The molecule has 0 saturated heterocycles. The van der Waals surface area contributed by atoms with Gasteiger partial charge in [-0.3, -0.25) is 0 Å². The maximum absolute atomic E-state index is 5.50. The third-order valence-electron chi connectivity index (χ3n) is 2.84. The highest BCUT2D eigenvalue weighted by Gasteiger charge is 2.27. The van der Waals surface area contributed by atoms with E-state index in [0.717, 1.165) is 5.82 Å². The number of nitrogens with zero attached hydrogens (tertiary/aromatic N) is 2. The Morgan fingerprint density at radius 1 is 1.44 bits per heavy atom. The monoisotopic (exact) mass is 238 g/mol. The summed E-state index contributed by atoms with van der Waals surface area (Å²) >= 11 is 2.03. The lowest BCUT2D eigenvalue weighted by Crippen LogP contribution is -2.26. The topological polar surface area (TPSA) is 63.8 Å². The number of nitrogen functional groups attached to an aromatic ring is 1. The van der Waals surface area contributed by atoms with E-state index in [1.165, 1.54) is 25.0 Å². The molecule has 0 spiro atoms. The van der Waals surface area contributed by atoms with Gasteiger partial charge in [-0.2, -0.15) is 11.8 Å². The van der Waals surface area contributed by atoms with Crippen molar-refractivity contribution in [2.24, 2.45) is 0 Å². The first-order chi connectivity index (χ1) is 7.79. The summed E-state index contributed by atoms with van der Waals surface area (Å²) in [5, 5.41) is 4.17. The van der Waals surface area contributed by atoms with E-state index in [9.17, 15) is 0 Å².